The van der Waals surface area contributed by atoms with Crippen molar-refractivity contribution >= 4 is 33.9 Å². The standard InChI is InChI=1S/C15H11BrN2O3.ClH/c16-11-3-1-10(2-4-11)9-18-8-7-17-6-5-12(19)14(20)13(17)15(18)21;/h1-8,20H,9H2;1H. The van der Waals surface area contributed by atoms with Gasteiger partial charge < -0.3 is 14.1 Å². The van der Waals surface area contributed by atoms with Crippen LogP contribution in [0.25, 0.3) is 5.52 Å². The number of fused-ring (bicyclic) bond motifs is 1. The molecule has 0 fully saturated rings. The van der Waals surface area contributed by atoms with E-state index in [4.69, 9.17) is 0 Å². The van der Waals surface area contributed by atoms with E-state index in [-0.39, 0.29) is 17.9 Å². The lowest BCUT2D eigenvalue weighted by atomic mass is 10.2. The number of halogens is 2. The number of benzene rings is 1. The maximum Gasteiger partial charge on any atom is 0.279 e. The van der Waals surface area contributed by atoms with Gasteiger partial charge in [-0.15, -0.1) is 12.4 Å². The summed E-state index contributed by atoms with van der Waals surface area (Å²) >= 11 is 3.36. The molecule has 3 aromatic rings. The lowest BCUT2D eigenvalue weighted by molar-refractivity contribution is 0.472. The normalized spacial score (nSPS) is 10.4. The average molecular weight is 384 g/mol. The zero-order valence-corrected chi connectivity index (χ0v) is 13.7. The SMILES string of the molecule is Cl.O=c1ccn2ccn(Cc3ccc(Br)cc3)c(=O)c2c1O. The van der Waals surface area contributed by atoms with Gasteiger partial charge in [-0.25, -0.2) is 0 Å². The first-order chi connectivity index (χ1) is 10.1. The number of rotatable bonds is 2. The first-order valence-electron chi connectivity index (χ1n) is 6.24. The summed E-state index contributed by atoms with van der Waals surface area (Å²) < 4.78 is 3.86. The Labute approximate surface area is 140 Å². The molecule has 5 nitrogen and oxygen atoms in total. The first-order valence-corrected chi connectivity index (χ1v) is 7.03. The van der Waals surface area contributed by atoms with Gasteiger partial charge in [-0.2, -0.15) is 0 Å². The van der Waals surface area contributed by atoms with Gasteiger partial charge in [-0.3, -0.25) is 9.59 Å². The number of pyridine rings is 1. The fourth-order valence-corrected chi connectivity index (χ4v) is 2.41. The fraction of sp³-hybridized carbons (Fsp3) is 0.0667. The molecule has 0 radical (unpaired) electrons. The van der Waals surface area contributed by atoms with Crippen LogP contribution in [0.5, 0.6) is 5.75 Å². The molecule has 0 spiro atoms. The molecule has 7 heteroatoms. The third-order valence-electron chi connectivity index (χ3n) is 3.24. The molecule has 0 bridgehead atoms. The van der Waals surface area contributed by atoms with E-state index >= 15 is 0 Å². The molecule has 0 saturated carbocycles. The van der Waals surface area contributed by atoms with Crippen LogP contribution in [0.15, 0.2) is 63.0 Å². The van der Waals surface area contributed by atoms with Gasteiger partial charge >= 0.3 is 0 Å². The zero-order chi connectivity index (χ0) is 15.0. The van der Waals surface area contributed by atoms with E-state index in [1.165, 1.54) is 21.2 Å². The Hall–Kier alpha value is -2.05. The van der Waals surface area contributed by atoms with Crippen LogP contribution in [0.4, 0.5) is 0 Å². The Morgan fingerprint density at radius 2 is 1.68 bits per heavy atom. The molecule has 0 aliphatic rings. The van der Waals surface area contributed by atoms with Gasteiger partial charge in [-0.05, 0) is 17.7 Å². The van der Waals surface area contributed by atoms with E-state index in [9.17, 15) is 14.7 Å². The predicted molar refractivity (Wildman–Crippen MR) is 90.1 cm³/mol. The van der Waals surface area contributed by atoms with Crippen LogP contribution in [0.3, 0.4) is 0 Å². The van der Waals surface area contributed by atoms with Crippen molar-refractivity contribution in [3.8, 4) is 5.75 Å². The third kappa shape index (κ3) is 2.93. The van der Waals surface area contributed by atoms with Crippen molar-refractivity contribution in [3.05, 3.63) is 79.5 Å². The Balaban J connectivity index is 0.00000176. The minimum absolute atomic E-state index is 0. The summed E-state index contributed by atoms with van der Waals surface area (Å²) in [6.07, 6.45) is 4.72. The number of nitrogens with zero attached hydrogens (tertiary/aromatic N) is 2. The summed E-state index contributed by atoms with van der Waals surface area (Å²) in [5, 5.41) is 9.81. The fourth-order valence-electron chi connectivity index (χ4n) is 2.14. The highest BCUT2D eigenvalue weighted by molar-refractivity contribution is 9.10. The monoisotopic (exact) mass is 382 g/mol. The summed E-state index contributed by atoms with van der Waals surface area (Å²) in [4.78, 5) is 23.9. The summed E-state index contributed by atoms with van der Waals surface area (Å²) in [7, 11) is 0. The number of aromatic nitrogens is 2. The number of hydrogen-bond acceptors (Lipinski definition) is 3. The molecule has 22 heavy (non-hydrogen) atoms. The lowest BCUT2D eigenvalue weighted by Crippen LogP contribution is -2.23. The van der Waals surface area contributed by atoms with Crippen LogP contribution in [0, 0.1) is 0 Å². The molecule has 0 amide bonds. The van der Waals surface area contributed by atoms with Gasteiger partial charge in [0.05, 0.1) is 6.54 Å². The summed E-state index contributed by atoms with van der Waals surface area (Å²) in [6.45, 7) is 0.366. The summed E-state index contributed by atoms with van der Waals surface area (Å²) in [5.41, 5.74) is -0.0337. The van der Waals surface area contributed by atoms with Crippen molar-refractivity contribution in [2.24, 2.45) is 0 Å². The molecule has 1 aromatic carbocycles. The van der Waals surface area contributed by atoms with Crippen LogP contribution >= 0.6 is 28.3 Å². The maximum absolute atomic E-state index is 12.4. The smallest absolute Gasteiger partial charge is 0.279 e. The molecule has 1 N–H and O–H groups in total. The molecular formula is C15H12BrClN2O3. The molecule has 2 heterocycles. The van der Waals surface area contributed by atoms with Gasteiger partial charge in [0, 0.05) is 29.1 Å². The minimum atomic E-state index is -0.562. The van der Waals surface area contributed by atoms with E-state index < -0.39 is 16.7 Å². The maximum atomic E-state index is 12.4. The Morgan fingerprint density at radius 3 is 2.36 bits per heavy atom. The van der Waals surface area contributed by atoms with Crippen molar-refractivity contribution < 1.29 is 5.11 Å². The highest BCUT2D eigenvalue weighted by Crippen LogP contribution is 2.12. The molecule has 0 atom stereocenters. The number of hydrogen-bond donors (Lipinski definition) is 1. The molecular weight excluding hydrogens is 372 g/mol. The topological polar surface area (TPSA) is 63.7 Å². The van der Waals surface area contributed by atoms with Gasteiger partial charge in [0.25, 0.3) is 5.56 Å². The van der Waals surface area contributed by atoms with Crippen molar-refractivity contribution in [1.82, 2.24) is 8.97 Å². The van der Waals surface area contributed by atoms with Crippen molar-refractivity contribution in [2.45, 2.75) is 6.54 Å². The third-order valence-corrected chi connectivity index (χ3v) is 3.77. The molecule has 2 aromatic heterocycles. The summed E-state index contributed by atoms with van der Waals surface area (Å²) in [5.74, 6) is -0.521. The molecule has 0 aliphatic carbocycles. The van der Waals surface area contributed by atoms with Crippen LogP contribution in [-0.2, 0) is 6.54 Å². The lowest BCUT2D eigenvalue weighted by Gasteiger charge is -2.09. The van der Waals surface area contributed by atoms with E-state index in [1.807, 2.05) is 24.3 Å². The van der Waals surface area contributed by atoms with E-state index in [1.54, 1.807) is 12.4 Å². The molecule has 3 rings (SSSR count). The van der Waals surface area contributed by atoms with E-state index in [0.29, 0.717) is 6.54 Å². The Kier molecular flexibility index (Phi) is 4.73. The summed E-state index contributed by atoms with van der Waals surface area (Å²) in [6, 6.07) is 8.81. The second-order valence-electron chi connectivity index (χ2n) is 4.64. The Morgan fingerprint density at radius 1 is 1.00 bits per heavy atom. The highest BCUT2D eigenvalue weighted by atomic mass is 79.9. The second-order valence-corrected chi connectivity index (χ2v) is 5.56. The van der Waals surface area contributed by atoms with Gasteiger partial charge in [0.1, 0.15) is 0 Å². The minimum Gasteiger partial charge on any atom is -0.503 e. The molecule has 114 valence electrons. The van der Waals surface area contributed by atoms with Crippen LogP contribution in [0.1, 0.15) is 5.56 Å². The van der Waals surface area contributed by atoms with Crippen molar-refractivity contribution in [1.29, 1.82) is 0 Å². The molecule has 0 unspecified atom stereocenters. The van der Waals surface area contributed by atoms with Gasteiger partial charge in [0.2, 0.25) is 5.43 Å². The van der Waals surface area contributed by atoms with Crippen LogP contribution in [-0.4, -0.2) is 14.1 Å². The quantitative estimate of drug-likeness (QED) is 0.739. The van der Waals surface area contributed by atoms with Gasteiger partial charge in [-0.1, -0.05) is 28.1 Å². The van der Waals surface area contributed by atoms with Crippen molar-refractivity contribution in [2.75, 3.05) is 0 Å². The van der Waals surface area contributed by atoms with Crippen LogP contribution < -0.4 is 11.0 Å². The highest BCUT2D eigenvalue weighted by Gasteiger charge is 2.10. The van der Waals surface area contributed by atoms with Crippen LogP contribution in [0.2, 0.25) is 0 Å². The largest absolute Gasteiger partial charge is 0.503 e. The Bertz CT molecular complexity index is 932. The van der Waals surface area contributed by atoms with E-state index in [0.717, 1.165) is 10.0 Å². The predicted octanol–water partition coefficient (Wildman–Crippen LogP) is 2.40. The van der Waals surface area contributed by atoms with Gasteiger partial charge in [0.15, 0.2) is 11.3 Å². The molecule has 0 aliphatic heterocycles. The van der Waals surface area contributed by atoms with E-state index in [2.05, 4.69) is 15.9 Å². The number of aromatic hydroxyl groups is 1. The second kappa shape index (κ2) is 6.37. The first kappa shape index (κ1) is 16.3. The average Bonchev–Trinajstić information content (AvgIpc) is 2.48. The van der Waals surface area contributed by atoms with Crippen molar-refractivity contribution in [3.63, 3.8) is 0 Å². The molecule has 0 saturated heterocycles. The zero-order valence-electron chi connectivity index (χ0n) is 11.3.